The first-order chi connectivity index (χ1) is 6.09. The molecule has 1 amide bonds. The van der Waals surface area contributed by atoms with Crippen LogP contribution in [0.5, 0.6) is 0 Å². The minimum atomic E-state index is -0.405. The van der Waals surface area contributed by atoms with E-state index in [4.69, 9.17) is 10.9 Å². The van der Waals surface area contributed by atoms with Gasteiger partial charge >= 0.3 is 0 Å². The van der Waals surface area contributed by atoms with E-state index in [1.54, 1.807) is 12.1 Å². The molecule has 0 aromatic carbocycles. The summed E-state index contributed by atoms with van der Waals surface area (Å²) in [5.41, 5.74) is 6.54. The Bertz CT molecular complexity index is 295. The Balaban J connectivity index is 2.65. The molecule has 0 radical (unpaired) electrons. The summed E-state index contributed by atoms with van der Waals surface area (Å²) in [6.07, 6.45) is 1.55. The van der Waals surface area contributed by atoms with Crippen molar-refractivity contribution < 1.29 is 10.0 Å². The van der Waals surface area contributed by atoms with Gasteiger partial charge in [0, 0.05) is 12.7 Å². The van der Waals surface area contributed by atoms with Gasteiger partial charge < -0.3 is 5.73 Å². The summed E-state index contributed by atoms with van der Waals surface area (Å²) in [5, 5.41) is 9.31. The maximum Gasteiger partial charge on any atom is 0.251 e. The zero-order valence-corrected chi connectivity index (χ0v) is 7.27. The summed E-state index contributed by atoms with van der Waals surface area (Å²) in [4.78, 5) is 14.9. The monoisotopic (exact) mass is 181 g/mol. The van der Waals surface area contributed by atoms with Crippen LogP contribution in [0.3, 0.4) is 0 Å². The van der Waals surface area contributed by atoms with Crippen LogP contribution in [0.4, 0.5) is 5.69 Å². The van der Waals surface area contributed by atoms with Crippen LogP contribution < -0.4 is 5.73 Å². The van der Waals surface area contributed by atoms with Crippen LogP contribution in [-0.2, 0) is 11.2 Å². The number of aromatic nitrogens is 1. The quantitative estimate of drug-likeness (QED) is 0.499. The van der Waals surface area contributed by atoms with Crippen LogP contribution in [0.2, 0.25) is 0 Å². The lowest BCUT2D eigenvalue weighted by Crippen LogP contribution is -2.24. The number of nitrogens with two attached hydrogens (primary N) is 1. The first kappa shape index (κ1) is 9.47. The summed E-state index contributed by atoms with van der Waals surface area (Å²) < 4.78 is 0. The largest absolute Gasteiger partial charge is 0.397 e. The molecule has 70 valence electrons. The average Bonchev–Trinajstić information content (AvgIpc) is 2.08. The maximum absolute atomic E-state index is 11.0. The molecule has 0 spiro atoms. The summed E-state index contributed by atoms with van der Waals surface area (Å²) in [6.45, 7) is 0. The highest BCUT2D eigenvalue weighted by atomic mass is 16.5. The van der Waals surface area contributed by atoms with Crippen LogP contribution >= 0.6 is 0 Å². The third kappa shape index (κ3) is 2.72. The minimum absolute atomic E-state index is 0.0767. The Morgan fingerprint density at radius 3 is 2.85 bits per heavy atom. The molecule has 0 saturated carbocycles. The fraction of sp³-hybridized carbons (Fsp3) is 0.250. The van der Waals surface area contributed by atoms with Crippen molar-refractivity contribution in [3.63, 3.8) is 0 Å². The van der Waals surface area contributed by atoms with Crippen molar-refractivity contribution >= 4 is 11.6 Å². The number of nitrogen functional groups attached to an aromatic ring is 1. The van der Waals surface area contributed by atoms with Crippen molar-refractivity contribution in [2.45, 2.75) is 6.42 Å². The van der Waals surface area contributed by atoms with Crippen LogP contribution in [0.15, 0.2) is 18.3 Å². The molecule has 5 nitrogen and oxygen atoms in total. The Kier molecular flexibility index (Phi) is 2.81. The number of carbonyl (C=O) groups excluding carboxylic acids is 1. The molecule has 5 heteroatoms. The highest BCUT2D eigenvalue weighted by Gasteiger charge is 2.07. The van der Waals surface area contributed by atoms with E-state index < -0.39 is 5.91 Å². The Hall–Kier alpha value is -1.62. The van der Waals surface area contributed by atoms with Crippen molar-refractivity contribution in [2.24, 2.45) is 0 Å². The molecule has 0 saturated heterocycles. The second kappa shape index (κ2) is 3.86. The topological polar surface area (TPSA) is 79.5 Å². The van der Waals surface area contributed by atoms with Gasteiger partial charge in [0.25, 0.3) is 5.91 Å². The number of amides is 1. The molecule has 13 heavy (non-hydrogen) atoms. The van der Waals surface area contributed by atoms with Gasteiger partial charge in [-0.15, -0.1) is 0 Å². The van der Waals surface area contributed by atoms with Crippen molar-refractivity contribution in [3.05, 3.63) is 24.0 Å². The van der Waals surface area contributed by atoms with E-state index in [9.17, 15) is 4.79 Å². The molecule has 3 N–H and O–H groups in total. The fourth-order valence-corrected chi connectivity index (χ4v) is 0.810. The number of nitrogens with zero attached hydrogens (tertiary/aromatic N) is 2. The van der Waals surface area contributed by atoms with Crippen molar-refractivity contribution in [1.29, 1.82) is 0 Å². The lowest BCUT2D eigenvalue weighted by molar-refractivity contribution is -0.158. The van der Waals surface area contributed by atoms with Gasteiger partial charge in [0.1, 0.15) is 0 Å². The molecule has 0 atom stereocenters. The van der Waals surface area contributed by atoms with Gasteiger partial charge in [0.05, 0.1) is 18.3 Å². The van der Waals surface area contributed by atoms with E-state index in [1.165, 1.54) is 13.2 Å². The summed E-state index contributed by atoms with van der Waals surface area (Å²) in [7, 11) is 1.28. The number of hydrogen-bond acceptors (Lipinski definition) is 4. The Labute approximate surface area is 75.8 Å². The Morgan fingerprint density at radius 1 is 1.69 bits per heavy atom. The number of carbonyl (C=O) groups is 1. The van der Waals surface area contributed by atoms with Crippen LogP contribution in [0, 0.1) is 0 Å². The van der Waals surface area contributed by atoms with Crippen LogP contribution in [-0.4, -0.2) is 28.2 Å². The lowest BCUT2D eigenvalue weighted by atomic mass is 10.2. The van der Waals surface area contributed by atoms with Crippen molar-refractivity contribution in [3.8, 4) is 0 Å². The van der Waals surface area contributed by atoms with Gasteiger partial charge in [0.15, 0.2) is 0 Å². The van der Waals surface area contributed by atoms with E-state index in [-0.39, 0.29) is 6.42 Å². The summed E-state index contributed by atoms with van der Waals surface area (Å²) in [5.74, 6) is -0.405. The number of anilines is 1. The number of rotatable bonds is 2. The van der Waals surface area contributed by atoms with Gasteiger partial charge in [-0.25, -0.2) is 5.06 Å². The van der Waals surface area contributed by atoms with Gasteiger partial charge in [-0.2, -0.15) is 0 Å². The minimum Gasteiger partial charge on any atom is -0.397 e. The van der Waals surface area contributed by atoms with E-state index in [1.807, 2.05) is 0 Å². The van der Waals surface area contributed by atoms with Crippen molar-refractivity contribution in [2.75, 3.05) is 12.8 Å². The molecule has 1 heterocycles. The normalized spacial score (nSPS) is 9.69. The molecule has 0 bridgehead atoms. The molecule has 1 aromatic heterocycles. The highest BCUT2D eigenvalue weighted by Crippen LogP contribution is 2.02. The highest BCUT2D eigenvalue weighted by molar-refractivity contribution is 5.76. The maximum atomic E-state index is 11.0. The second-order valence-corrected chi connectivity index (χ2v) is 2.68. The van der Waals surface area contributed by atoms with Gasteiger partial charge in [-0.1, -0.05) is 0 Å². The smallest absolute Gasteiger partial charge is 0.251 e. The molecule has 1 aromatic rings. The standard InChI is InChI=1S/C8H11N3O2/c1-11(13)8(12)4-7-3-2-6(9)5-10-7/h2-3,5,13H,4,9H2,1H3. The lowest BCUT2D eigenvalue weighted by Gasteiger charge is -2.07. The number of hydrogen-bond donors (Lipinski definition) is 2. The first-order valence-electron chi connectivity index (χ1n) is 3.75. The molecule has 0 aliphatic carbocycles. The zero-order valence-electron chi connectivity index (χ0n) is 7.27. The molecule has 1 rings (SSSR count). The fourth-order valence-electron chi connectivity index (χ4n) is 0.810. The van der Waals surface area contributed by atoms with Crippen LogP contribution in [0.25, 0.3) is 0 Å². The molecular weight excluding hydrogens is 170 g/mol. The Morgan fingerprint density at radius 2 is 2.38 bits per heavy atom. The molecular formula is C8H11N3O2. The number of hydroxylamine groups is 2. The first-order valence-corrected chi connectivity index (χ1v) is 3.75. The third-order valence-electron chi connectivity index (χ3n) is 1.54. The molecule has 0 aliphatic heterocycles. The molecule has 0 aliphatic rings. The van der Waals surface area contributed by atoms with E-state index in [2.05, 4.69) is 4.98 Å². The zero-order chi connectivity index (χ0) is 9.84. The molecule has 0 unspecified atom stereocenters. The summed E-state index contributed by atoms with van der Waals surface area (Å²) >= 11 is 0. The number of likely N-dealkylation sites (N-methyl/N-ethyl adjacent to an activating group) is 1. The number of pyridine rings is 1. The summed E-state index contributed by atoms with van der Waals surface area (Å²) in [6, 6.07) is 3.31. The van der Waals surface area contributed by atoms with E-state index >= 15 is 0 Å². The average molecular weight is 181 g/mol. The predicted octanol–water partition coefficient (Wildman–Crippen LogP) is 0.0539. The van der Waals surface area contributed by atoms with E-state index in [0.29, 0.717) is 16.4 Å². The third-order valence-corrected chi connectivity index (χ3v) is 1.54. The second-order valence-electron chi connectivity index (χ2n) is 2.68. The van der Waals surface area contributed by atoms with Gasteiger partial charge in [-0.05, 0) is 12.1 Å². The van der Waals surface area contributed by atoms with E-state index in [0.717, 1.165) is 0 Å². The SMILES string of the molecule is CN(O)C(=O)Cc1ccc(N)cn1. The molecule has 0 fully saturated rings. The predicted molar refractivity (Wildman–Crippen MR) is 46.9 cm³/mol. The van der Waals surface area contributed by atoms with Gasteiger partial charge in [0.2, 0.25) is 0 Å². The van der Waals surface area contributed by atoms with Gasteiger partial charge in [-0.3, -0.25) is 15.0 Å². The van der Waals surface area contributed by atoms with Crippen molar-refractivity contribution in [1.82, 2.24) is 10.0 Å². The van der Waals surface area contributed by atoms with Crippen LogP contribution in [0.1, 0.15) is 5.69 Å².